The number of hydrogen-bond donors (Lipinski definition) is 1. The fraction of sp³-hybridized carbons (Fsp3) is 1.00. The van der Waals surface area contributed by atoms with Gasteiger partial charge in [0.05, 0.1) is 0 Å². The van der Waals surface area contributed by atoms with Crippen molar-refractivity contribution in [2.45, 2.75) is 45.4 Å². The predicted molar refractivity (Wildman–Crippen MR) is 41.4 cm³/mol. The molecule has 0 rings (SSSR count). The predicted octanol–water partition coefficient (Wildman–Crippen LogP) is 2.40. The van der Waals surface area contributed by atoms with Crippen molar-refractivity contribution >= 4 is 0 Å². The fourth-order valence-electron chi connectivity index (χ4n) is 0.968. The van der Waals surface area contributed by atoms with Crippen molar-refractivity contribution in [3.8, 4) is 0 Å². The van der Waals surface area contributed by atoms with Gasteiger partial charge < -0.3 is 0 Å². The first-order chi connectivity index (χ1) is 4.91. The first-order valence-electron chi connectivity index (χ1n) is 4.24. The van der Waals surface area contributed by atoms with Crippen LogP contribution in [0, 0.1) is 0 Å². The van der Waals surface area contributed by atoms with Crippen LogP contribution in [0.5, 0.6) is 0 Å². The molecule has 0 aromatic carbocycles. The van der Waals surface area contributed by atoms with Crippen molar-refractivity contribution in [3.05, 3.63) is 0 Å². The van der Waals surface area contributed by atoms with E-state index in [1.54, 1.807) is 0 Å². The molecule has 1 nitrogen and oxygen atoms in total. The van der Waals surface area contributed by atoms with Crippen molar-refractivity contribution in [2.24, 2.45) is 0 Å². The standard InChI is InChI=1S/C8H18N.Fe/c1-2-3-4-5-6-7-8-9;/h9H,2-8H2,1H3;/q-1;+1. The zero-order valence-corrected chi connectivity index (χ0v) is 7.91. The van der Waals surface area contributed by atoms with E-state index in [9.17, 15) is 0 Å². The summed E-state index contributed by atoms with van der Waals surface area (Å²) in [7, 11) is 0. The molecule has 0 fully saturated rings. The summed E-state index contributed by atoms with van der Waals surface area (Å²) in [6.07, 6.45) is 8.20. The Morgan fingerprint density at radius 2 is 1.60 bits per heavy atom. The van der Waals surface area contributed by atoms with Crippen LogP contribution in [0.3, 0.4) is 0 Å². The minimum atomic E-state index is 1.08. The van der Waals surface area contributed by atoms with Gasteiger partial charge in [0.1, 0.15) is 0 Å². The van der Waals surface area contributed by atoms with E-state index < -0.39 is 0 Å². The number of nitrogens with one attached hydrogen (secondary N) is 1. The topological polar surface area (TPSA) is 12.0 Å². The molecule has 0 heterocycles. The van der Waals surface area contributed by atoms with Crippen molar-refractivity contribution in [1.29, 1.82) is 0 Å². The Hall–Kier alpha value is 0.479. The fourth-order valence-corrected chi connectivity index (χ4v) is 1.16. The van der Waals surface area contributed by atoms with Crippen LogP contribution in [0.1, 0.15) is 45.4 Å². The maximum atomic E-state index is 3.57. The SMILES string of the molecule is CCCCCCCC[NH][Fe]. The summed E-state index contributed by atoms with van der Waals surface area (Å²) in [4.78, 5) is 0. The van der Waals surface area contributed by atoms with Crippen LogP contribution in [0.15, 0.2) is 0 Å². The summed E-state index contributed by atoms with van der Waals surface area (Å²) in [5.74, 6) is 0. The van der Waals surface area contributed by atoms with E-state index in [2.05, 4.69) is 27.5 Å². The van der Waals surface area contributed by atoms with Crippen LogP contribution in [-0.2, 0) is 16.2 Å². The molecule has 0 saturated carbocycles. The van der Waals surface area contributed by atoms with Gasteiger partial charge in [0.15, 0.2) is 0 Å². The molecule has 10 heavy (non-hydrogen) atoms. The van der Waals surface area contributed by atoms with Gasteiger partial charge in [-0.1, -0.05) is 0 Å². The van der Waals surface area contributed by atoms with Crippen LogP contribution >= 0.6 is 0 Å². The monoisotopic (exact) mass is 184 g/mol. The van der Waals surface area contributed by atoms with Gasteiger partial charge in [-0.2, -0.15) is 0 Å². The normalized spacial score (nSPS) is 10.2. The van der Waals surface area contributed by atoms with Crippen LogP contribution in [0.4, 0.5) is 0 Å². The molecular formula is C8H18FeN. The van der Waals surface area contributed by atoms with E-state index in [0.29, 0.717) is 0 Å². The van der Waals surface area contributed by atoms with Gasteiger partial charge in [-0.15, -0.1) is 0 Å². The molecule has 0 saturated heterocycles. The molecule has 1 N–H and O–H groups in total. The zero-order valence-electron chi connectivity index (χ0n) is 6.80. The Kier molecular flexibility index (Phi) is 9.93. The van der Waals surface area contributed by atoms with Gasteiger partial charge in [0.2, 0.25) is 0 Å². The van der Waals surface area contributed by atoms with Crippen molar-refractivity contribution in [2.75, 3.05) is 6.54 Å². The van der Waals surface area contributed by atoms with Gasteiger partial charge >= 0.3 is 72.6 Å². The Morgan fingerprint density at radius 3 is 2.20 bits per heavy atom. The third-order valence-electron chi connectivity index (χ3n) is 1.62. The Labute approximate surface area is 73.0 Å². The first kappa shape index (κ1) is 10.5. The number of hydrogen-bond acceptors (Lipinski definition) is 1. The summed E-state index contributed by atoms with van der Waals surface area (Å²) in [6.45, 7) is 3.32. The molecule has 0 radical (unpaired) electrons. The molecule has 0 aliphatic carbocycles. The molecule has 0 bridgehead atoms. The Bertz CT molecular complexity index is 49.2. The second kappa shape index (κ2) is 9.48. The van der Waals surface area contributed by atoms with Gasteiger partial charge in [-0.3, -0.25) is 0 Å². The quantitative estimate of drug-likeness (QED) is 0.473. The van der Waals surface area contributed by atoms with Gasteiger partial charge in [0, 0.05) is 0 Å². The molecule has 0 atom stereocenters. The summed E-state index contributed by atoms with van der Waals surface area (Å²) in [5, 5.41) is 0. The molecule has 0 aliphatic rings. The Morgan fingerprint density at radius 1 is 1.00 bits per heavy atom. The second-order valence-electron chi connectivity index (χ2n) is 2.64. The van der Waals surface area contributed by atoms with E-state index in [1.807, 2.05) is 0 Å². The van der Waals surface area contributed by atoms with Crippen molar-refractivity contribution in [3.63, 3.8) is 0 Å². The van der Waals surface area contributed by atoms with E-state index >= 15 is 0 Å². The van der Waals surface area contributed by atoms with Crippen LogP contribution in [-0.4, -0.2) is 6.54 Å². The van der Waals surface area contributed by atoms with E-state index in [1.165, 1.54) is 38.5 Å². The third-order valence-corrected chi connectivity index (χ3v) is 1.89. The molecule has 2 heteroatoms. The van der Waals surface area contributed by atoms with Gasteiger partial charge in [-0.25, -0.2) is 0 Å². The van der Waals surface area contributed by atoms with Crippen LogP contribution in [0.2, 0.25) is 0 Å². The third kappa shape index (κ3) is 8.48. The number of rotatable bonds is 7. The molecule has 0 aromatic rings. The van der Waals surface area contributed by atoms with Crippen LogP contribution < -0.4 is 4.33 Å². The van der Waals surface area contributed by atoms with E-state index in [0.717, 1.165) is 6.54 Å². The average molecular weight is 184 g/mol. The van der Waals surface area contributed by atoms with Crippen molar-refractivity contribution < 1.29 is 16.2 Å². The molecule has 63 valence electrons. The van der Waals surface area contributed by atoms with Crippen LogP contribution in [0.25, 0.3) is 0 Å². The molecule has 0 aliphatic heterocycles. The average Bonchev–Trinajstić information content (AvgIpc) is 1.97. The van der Waals surface area contributed by atoms with Gasteiger partial charge in [-0.05, 0) is 0 Å². The molecule has 0 unspecified atom stereocenters. The molecule has 0 spiro atoms. The maximum absolute atomic E-state index is 3.57. The minimum absolute atomic E-state index is 1.08. The summed E-state index contributed by atoms with van der Waals surface area (Å²) in [5.41, 5.74) is 0. The molecule has 0 aromatic heterocycles. The Balaban J connectivity index is 2.65. The molecule has 0 amide bonds. The summed E-state index contributed by atoms with van der Waals surface area (Å²) in [6, 6.07) is 0. The van der Waals surface area contributed by atoms with E-state index in [4.69, 9.17) is 0 Å². The van der Waals surface area contributed by atoms with Crippen molar-refractivity contribution in [1.82, 2.24) is 4.33 Å². The summed E-state index contributed by atoms with van der Waals surface area (Å²) < 4.78 is 2.91. The zero-order chi connectivity index (χ0) is 7.66. The first-order valence-corrected chi connectivity index (χ1v) is 4.79. The van der Waals surface area contributed by atoms with Gasteiger partial charge in [0.25, 0.3) is 0 Å². The van der Waals surface area contributed by atoms with E-state index in [-0.39, 0.29) is 0 Å². The number of unbranched alkanes of at least 4 members (excludes halogenated alkanes) is 5. The summed E-state index contributed by atoms with van der Waals surface area (Å²) >= 11 is 3.57. The second-order valence-corrected chi connectivity index (χ2v) is 3.03. The molecular weight excluding hydrogens is 166 g/mol.